The van der Waals surface area contributed by atoms with Crippen LogP contribution in [-0.4, -0.2) is 17.1 Å². The molecule has 2 aromatic rings. The van der Waals surface area contributed by atoms with Crippen molar-refractivity contribution in [2.24, 2.45) is 0 Å². The van der Waals surface area contributed by atoms with Gasteiger partial charge in [0, 0.05) is 18.6 Å². The summed E-state index contributed by atoms with van der Waals surface area (Å²) in [4.78, 5) is 8.38. The van der Waals surface area contributed by atoms with Gasteiger partial charge in [0.15, 0.2) is 0 Å². The van der Waals surface area contributed by atoms with Crippen LogP contribution in [0.15, 0.2) is 36.8 Å². The Morgan fingerprint density at radius 1 is 1.20 bits per heavy atom. The highest BCUT2D eigenvalue weighted by Crippen LogP contribution is 2.26. The highest BCUT2D eigenvalue weighted by Gasteiger charge is 2.06. The van der Waals surface area contributed by atoms with Crippen LogP contribution in [0.25, 0.3) is 11.3 Å². The van der Waals surface area contributed by atoms with Crippen LogP contribution in [0, 0.1) is 6.92 Å². The van der Waals surface area contributed by atoms with Crippen molar-refractivity contribution in [3.63, 3.8) is 0 Å². The third-order valence-corrected chi connectivity index (χ3v) is 2.19. The molecule has 0 aliphatic heterocycles. The van der Waals surface area contributed by atoms with Crippen LogP contribution in [0.5, 0.6) is 5.75 Å². The predicted molar refractivity (Wildman–Crippen MR) is 58.8 cm³/mol. The summed E-state index contributed by atoms with van der Waals surface area (Å²) in [6, 6.07) is 5.81. The SMILES string of the molecule is COc1ccncc1-c1cc(C)ccn1. The summed E-state index contributed by atoms with van der Waals surface area (Å²) in [6.07, 6.45) is 5.26. The molecular formula is C12H12N2O. The molecule has 0 aromatic carbocycles. The Morgan fingerprint density at radius 3 is 2.80 bits per heavy atom. The molecule has 3 nitrogen and oxygen atoms in total. The Hall–Kier alpha value is -1.90. The third-order valence-electron chi connectivity index (χ3n) is 2.19. The second-order valence-corrected chi connectivity index (χ2v) is 3.29. The van der Waals surface area contributed by atoms with E-state index in [-0.39, 0.29) is 0 Å². The van der Waals surface area contributed by atoms with E-state index in [0.29, 0.717) is 0 Å². The lowest BCUT2D eigenvalue weighted by molar-refractivity contribution is 0.416. The molecule has 0 aliphatic rings. The van der Waals surface area contributed by atoms with Gasteiger partial charge in [-0.1, -0.05) is 0 Å². The molecule has 0 bridgehead atoms. The number of hydrogen-bond acceptors (Lipinski definition) is 3. The van der Waals surface area contributed by atoms with Crippen LogP contribution in [0.1, 0.15) is 5.56 Å². The molecule has 0 atom stereocenters. The summed E-state index contributed by atoms with van der Waals surface area (Å²) in [5.74, 6) is 0.795. The number of methoxy groups -OCH3 is 1. The molecule has 0 aliphatic carbocycles. The van der Waals surface area contributed by atoms with Gasteiger partial charge in [0.1, 0.15) is 5.75 Å². The molecule has 0 unspecified atom stereocenters. The van der Waals surface area contributed by atoms with E-state index < -0.39 is 0 Å². The smallest absolute Gasteiger partial charge is 0.131 e. The Kier molecular flexibility index (Phi) is 2.63. The quantitative estimate of drug-likeness (QED) is 0.747. The summed E-state index contributed by atoms with van der Waals surface area (Å²) in [5.41, 5.74) is 2.98. The van der Waals surface area contributed by atoms with Gasteiger partial charge < -0.3 is 4.74 Å². The number of nitrogens with zero attached hydrogens (tertiary/aromatic N) is 2. The van der Waals surface area contributed by atoms with Crippen molar-refractivity contribution in [3.05, 3.63) is 42.4 Å². The van der Waals surface area contributed by atoms with Crippen molar-refractivity contribution in [2.45, 2.75) is 6.92 Å². The number of ether oxygens (including phenoxy) is 1. The standard InChI is InChI=1S/C12H12N2O/c1-9-3-6-14-11(7-9)10-8-13-5-4-12(10)15-2/h3-8H,1-2H3. The van der Waals surface area contributed by atoms with Crippen LogP contribution < -0.4 is 4.74 Å². The Labute approximate surface area is 88.8 Å². The van der Waals surface area contributed by atoms with Crippen molar-refractivity contribution in [1.82, 2.24) is 9.97 Å². The lowest BCUT2D eigenvalue weighted by Crippen LogP contribution is -1.91. The van der Waals surface area contributed by atoms with Gasteiger partial charge in [0.2, 0.25) is 0 Å². The Morgan fingerprint density at radius 2 is 2.07 bits per heavy atom. The van der Waals surface area contributed by atoms with Crippen molar-refractivity contribution in [2.75, 3.05) is 7.11 Å². The zero-order valence-electron chi connectivity index (χ0n) is 8.77. The number of hydrogen-bond donors (Lipinski definition) is 0. The van der Waals surface area contributed by atoms with E-state index in [9.17, 15) is 0 Å². The molecular weight excluding hydrogens is 188 g/mol. The van der Waals surface area contributed by atoms with Crippen LogP contribution in [0.4, 0.5) is 0 Å². The molecule has 0 saturated heterocycles. The number of rotatable bonds is 2. The van der Waals surface area contributed by atoms with Gasteiger partial charge in [-0.2, -0.15) is 0 Å². The van der Waals surface area contributed by atoms with Gasteiger partial charge in [-0.15, -0.1) is 0 Å². The average molecular weight is 200 g/mol. The van der Waals surface area contributed by atoms with E-state index in [4.69, 9.17) is 4.74 Å². The number of aryl methyl sites for hydroxylation is 1. The molecule has 76 valence electrons. The first kappa shape index (κ1) is 9.65. The van der Waals surface area contributed by atoms with Crippen molar-refractivity contribution in [1.29, 1.82) is 0 Å². The van der Waals surface area contributed by atoms with Gasteiger partial charge in [-0.25, -0.2) is 0 Å². The summed E-state index contributed by atoms with van der Waals surface area (Å²) < 4.78 is 5.26. The minimum Gasteiger partial charge on any atom is -0.496 e. The second kappa shape index (κ2) is 4.09. The summed E-state index contributed by atoms with van der Waals surface area (Å²) in [5, 5.41) is 0. The molecule has 3 heteroatoms. The molecule has 15 heavy (non-hydrogen) atoms. The maximum absolute atomic E-state index is 5.26. The van der Waals surface area contributed by atoms with Gasteiger partial charge in [0.05, 0.1) is 18.4 Å². The van der Waals surface area contributed by atoms with Crippen LogP contribution in [0.2, 0.25) is 0 Å². The first-order valence-corrected chi connectivity index (χ1v) is 4.72. The normalized spacial score (nSPS) is 10.0. The molecule has 0 fully saturated rings. The fraction of sp³-hybridized carbons (Fsp3) is 0.167. The number of pyridine rings is 2. The van der Waals surface area contributed by atoms with Crippen molar-refractivity contribution in [3.8, 4) is 17.0 Å². The highest BCUT2D eigenvalue weighted by atomic mass is 16.5. The lowest BCUT2D eigenvalue weighted by atomic mass is 10.1. The predicted octanol–water partition coefficient (Wildman–Crippen LogP) is 2.46. The maximum Gasteiger partial charge on any atom is 0.131 e. The van der Waals surface area contributed by atoms with Crippen LogP contribution in [-0.2, 0) is 0 Å². The molecule has 2 aromatic heterocycles. The average Bonchev–Trinajstić information content (AvgIpc) is 2.29. The highest BCUT2D eigenvalue weighted by molar-refractivity contribution is 5.66. The fourth-order valence-electron chi connectivity index (χ4n) is 1.44. The Balaban J connectivity index is 2.53. The summed E-state index contributed by atoms with van der Waals surface area (Å²) in [7, 11) is 1.65. The van der Waals surface area contributed by atoms with Gasteiger partial charge in [-0.3, -0.25) is 9.97 Å². The zero-order chi connectivity index (χ0) is 10.7. The molecule has 0 N–H and O–H groups in total. The van der Waals surface area contributed by atoms with Gasteiger partial charge in [0.25, 0.3) is 0 Å². The van der Waals surface area contributed by atoms with Crippen molar-refractivity contribution >= 4 is 0 Å². The van der Waals surface area contributed by atoms with Crippen LogP contribution in [0.3, 0.4) is 0 Å². The second-order valence-electron chi connectivity index (χ2n) is 3.29. The minimum absolute atomic E-state index is 0.795. The minimum atomic E-state index is 0.795. The largest absolute Gasteiger partial charge is 0.496 e. The molecule has 0 spiro atoms. The zero-order valence-corrected chi connectivity index (χ0v) is 8.77. The number of aromatic nitrogens is 2. The monoisotopic (exact) mass is 200 g/mol. The van der Waals surface area contributed by atoms with E-state index in [1.54, 1.807) is 25.7 Å². The van der Waals surface area contributed by atoms with Crippen LogP contribution >= 0.6 is 0 Å². The van der Waals surface area contributed by atoms with Crippen molar-refractivity contribution < 1.29 is 4.74 Å². The van der Waals surface area contributed by atoms with E-state index in [2.05, 4.69) is 9.97 Å². The topological polar surface area (TPSA) is 35.0 Å². The summed E-state index contributed by atoms with van der Waals surface area (Å²) in [6.45, 7) is 2.04. The first-order chi connectivity index (χ1) is 7.31. The molecule has 0 radical (unpaired) electrons. The third kappa shape index (κ3) is 1.96. The van der Waals surface area contributed by atoms with E-state index in [1.165, 1.54) is 5.56 Å². The van der Waals surface area contributed by atoms with Gasteiger partial charge >= 0.3 is 0 Å². The molecule has 2 heterocycles. The Bertz CT molecular complexity index is 469. The lowest BCUT2D eigenvalue weighted by Gasteiger charge is -2.06. The maximum atomic E-state index is 5.26. The summed E-state index contributed by atoms with van der Waals surface area (Å²) >= 11 is 0. The molecule has 0 saturated carbocycles. The molecule has 0 amide bonds. The first-order valence-electron chi connectivity index (χ1n) is 4.72. The molecule has 2 rings (SSSR count). The van der Waals surface area contributed by atoms with E-state index >= 15 is 0 Å². The fourth-order valence-corrected chi connectivity index (χ4v) is 1.44. The van der Waals surface area contributed by atoms with E-state index in [1.807, 2.05) is 25.1 Å². The van der Waals surface area contributed by atoms with E-state index in [0.717, 1.165) is 17.0 Å². The van der Waals surface area contributed by atoms with Gasteiger partial charge in [-0.05, 0) is 30.7 Å².